The van der Waals surface area contributed by atoms with E-state index in [1.807, 2.05) is 36.9 Å². The topological polar surface area (TPSA) is 25.8 Å². The lowest BCUT2D eigenvalue weighted by atomic mass is 9.62. The van der Waals surface area contributed by atoms with Gasteiger partial charge in [-0.15, -0.1) is 0 Å². The number of fused-ring (bicyclic) bond motifs is 3. The number of hydrogen-bond acceptors (Lipinski definition) is 2. The highest BCUT2D eigenvalue weighted by Gasteiger charge is 2.39. The number of aromatic nitrogens is 2. The number of allylic oxidation sites excluding steroid dienone is 11. The smallest absolute Gasteiger partial charge is 0.0346 e. The third-order valence-electron chi connectivity index (χ3n) is 9.90. The number of pyridine rings is 2. The lowest BCUT2D eigenvalue weighted by Gasteiger charge is -2.42. The van der Waals surface area contributed by atoms with Crippen LogP contribution in [0.2, 0.25) is 0 Å². The number of benzene rings is 2. The second kappa shape index (κ2) is 11.0. The molecule has 0 spiro atoms. The van der Waals surface area contributed by atoms with Crippen molar-refractivity contribution in [1.29, 1.82) is 0 Å². The van der Waals surface area contributed by atoms with Gasteiger partial charge in [0.2, 0.25) is 0 Å². The summed E-state index contributed by atoms with van der Waals surface area (Å²) in [6.07, 6.45) is 25.2. The fourth-order valence-corrected chi connectivity index (χ4v) is 7.78. The van der Waals surface area contributed by atoms with Gasteiger partial charge in [0.1, 0.15) is 0 Å². The molecule has 0 aliphatic heterocycles. The van der Waals surface area contributed by atoms with Gasteiger partial charge in [0.05, 0.1) is 0 Å². The molecule has 0 saturated carbocycles. The standard InChI is InChI=1S/C42H36N2/c1-27-8-6-12-37-39(27)42(30-10-4-3-5-11-30)40-28(2)9-7-13-38(40)41(37)34-17-16-31-22-33(15-14-32(31)23-34)36-24-35(25-44-26-36)29-18-20-43-21-19-29/h3-8,10-15,18-28,39H,9,16-17H2,1-2H3/t27?,28-,39-/m0/s1. The maximum absolute atomic E-state index is 4.58. The lowest BCUT2D eigenvalue weighted by molar-refractivity contribution is 0.573. The van der Waals surface area contributed by atoms with Crippen LogP contribution >= 0.6 is 0 Å². The fourth-order valence-electron chi connectivity index (χ4n) is 7.78. The molecule has 1 unspecified atom stereocenters. The Labute approximate surface area is 260 Å². The molecule has 2 aromatic heterocycles. The number of aryl methyl sites for hydroxylation is 1. The van der Waals surface area contributed by atoms with E-state index in [4.69, 9.17) is 0 Å². The molecule has 4 aromatic rings. The van der Waals surface area contributed by atoms with Gasteiger partial charge in [-0.1, -0.05) is 98.8 Å². The molecule has 44 heavy (non-hydrogen) atoms. The Balaban J connectivity index is 1.23. The van der Waals surface area contributed by atoms with Gasteiger partial charge >= 0.3 is 0 Å². The van der Waals surface area contributed by atoms with Gasteiger partial charge in [-0.3, -0.25) is 9.97 Å². The Hall–Kier alpha value is -4.82. The van der Waals surface area contributed by atoms with Crippen LogP contribution in [0, 0.1) is 17.8 Å². The molecular formula is C42H36N2. The highest BCUT2D eigenvalue weighted by molar-refractivity contribution is 5.87. The first-order valence-electron chi connectivity index (χ1n) is 15.9. The molecule has 0 saturated heterocycles. The second-order valence-electron chi connectivity index (χ2n) is 12.6. The quantitative estimate of drug-likeness (QED) is 0.245. The van der Waals surface area contributed by atoms with E-state index >= 15 is 0 Å². The van der Waals surface area contributed by atoms with Crippen LogP contribution in [0.15, 0.2) is 150 Å². The van der Waals surface area contributed by atoms with E-state index in [-0.39, 0.29) is 0 Å². The molecule has 4 aliphatic carbocycles. The van der Waals surface area contributed by atoms with E-state index in [2.05, 4.69) is 115 Å². The van der Waals surface area contributed by atoms with Gasteiger partial charge < -0.3 is 0 Å². The van der Waals surface area contributed by atoms with Crippen LogP contribution in [0.1, 0.15) is 43.4 Å². The maximum atomic E-state index is 4.58. The van der Waals surface area contributed by atoms with Crippen LogP contribution < -0.4 is 0 Å². The molecule has 0 radical (unpaired) electrons. The van der Waals surface area contributed by atoms with E-state index in [0.29, 0.717) is 17.8 Å². The van der Waals surface area contributed by atoms with E-state index in [0.717, 1.165) is 36.0 Å². The minimum Gasteiger partial charge on any atom is -0.265 e. The van der Waals surface area contributed by atoms with Crippen molar-refractivity contribution in [2.45, 2.75) is 33.1 Å². The predicted molar refractivity (Wildman–Crippen MR) is 182 cm³/mol. The third kappa shape index (κ3) is 4.57. The van der Waals surface area contributed by atoms with Crippen molar-refractivity contribution in [3.63, 3.8) is 0 Å². The monoisotopic (exact) mass is 568 g/mol. The van der Waals surface area contributed by atoms with Gasteiger partial charge in [0.25, 0.3) is 0 Å². The summed E-state index contributed by atoms with van der Waals surface area (Å²) in [7, 11) is 0. The fraction of sp³-hybridized carbons (Fsp3) is 0.190. The highest BCUT2D eigenvalue weighted by Crippen LogP contribution is 2.54. The Morgan fingerprint density at radius 1 is 0.727 bits per heavy atom. The summed E-state index contributed by atoms with van der Waals surface area (Å²) in [6, 6.07) is 24.4. The largest absolute Gasteiger partial charge is 0.265 e. The summed E-state index contributed by atoms with van der Waals surface area (Å²) >= 11 is 0. The highest BCUT2D eigenvalue weighted by atomic mass is 14.6. The van der Waals surface area contributed by atoms with E-state index in [1.54, 1.807) is 5.57 Å². The van der Waals surface area contributed by atoms with Crippen molar-refractivity contribution in [1.82, 2.24) is 9.97 Å². The number of rotatable bonds is 4. The minimum atomic E-state index is 0.370. The molecule has 0 bridgehead atoms. The molecule has 8 rings (SSSR count). The van der Waals surface area contributed by atoms with Gasteiger partial charge in [0, 0.05) is 41.8 Å². The van der Waals surface area contributed by atoms with Crippen molar-refractivity contribution in [3.8, 4) is 22.3 Å². The van der Waals surface area contributed by atoms with Crippen LogP contribution in [-0.2, 0) is 6.42 Å². The zero-order chi connectivity index (χ0) is 29.6. The van der Waals surface area contributed by atoms with E-state index in [9.17, 15) is 0 Å². The van der Waals surface area contributed by atoms with E-state index < -0.39 is 0 Å². The van der Waals surface area contributed by atoms with E-state index in [1.165, 1.54) is 50.1 Å². The third-order valence-corrected chi connectivity index (χ3v) is 9.90. The first-order valence-corrected chi connectivity index (χ1v) is 15.9. The maximum Gasteiger partial charge on any atom is 0.0346 e. The van der Waals surface area contributed by atoms with Crippen LogP contribution in [0.25, 0.3) is 33.9 Å². The normalized spacial score (nSPS) is 22.2. The first kappa shape index (κ1) is 26.8. The zero-order valence-electron chi connectivity index (χ0n) is 25.4. The van der Waals surface area contributed by atoms with Crippen LogP contribution in [0.4, 0.5) is 0 Å². The summed E-state index contributed by atoms with van der Waals surface area (Å²) < 4.78 is 0. The molecule has 2 heteroatoms. The summed E-state index contributed by atoms with van der Waals surface area (Å²) in [5, 5.41) is 0. The van der Waals surface area contributed by atoms with Crippen LogP contribution in [-0.4, -0.2) is 9.97 Å². The molecule has 4 aliphatic rings. The number of nitrogens with zero attached hydrogens (tertiary/aromatic N) is 2. The van der Waals surface area contributed by atoms with Gasteiger partial charge in [-0.05, 0) is 111 Å². The molecule has 0 N–H and O–H groups in total. The average molecular weight is 569 g/mol. The van der Waals surface area contributed by atoms with Crippen LogP contribution in [0.5, 0.6) is 0 Å². The molecule has 3 atom stereocenters. The van der Waals surface area contributed by atoms with Gasteiger partial charge in [0.15, 0.2) is 0 Å². The summed E-state index contributed by atoms with van der Waals surface area (Å²) in [5.41, 5.74) is 17.7. The van der Waals surface area contributed by atoms with Crippen molar-refractivity contribution in [2.24, 2.45) is 17.8 Å². The Morgan fingerprint density at radius 3 is 2.39 bits per heavy atom. The molecule has 0 fully saturated rings. The summed E-state index contributed by atoms with van der Waals surface area (Å²) in [5.74, 6) is 1.31. The zero-order valence-corrected chi connectivity index (χ0v) is 25.4. The Bertz CT molecular complexity index is 1950. The van der Waals surface area contributed by atoms with Crippen LogP contribution in [0.3, 0.4) is 0 Å². The number of hydrogen-bond donors (Lipinski definition) is 0. The second-order valence-corrected chi connectivity index (χ2v) is 12.6. The SMILES string of the molecule is CC1C=CC=C2C(C3=Cc4ccc(-c5cncc(-c6ccncc6)c5)cc4CC3)=C3C=CC[C@H](C)C3=C(c3ccccc3)[C@H]21. The molecule has 0 amide bonds. The summed E-state index contributed by atoms with van der Waals surface area (Å²) in [4.78, 5) is 8.75. The van der Waals surface area contributed by atoms with Crippen molar-refractivity contribution < 1.29 is 0 Å². The average Bonchev–Trinajstić information content (AvgIpc) is 3.08. The van der Waals surface area contributed by atoms with Crippen molar-refractivity contribution in [3.05, 3.63) is 166 Å². The Kier molecular flexibility index (Phi) is 6.71. The molecule has 2 aromatic carbocycles. The van der Waals surface area contributed by atoms with Crippen molar-refractivity contribution >= 4 is 11.6 Å². The minimum absolute atomic E-state index is 0.370. The van der Waals surface area contributed by atoms with Gasteiger partial charge in [-0.2, -0.15) is 0 Å². The molecule has 2 heterocycles. The van der Waals surface area contributed by atoms with Crippen molar-refractivity contribution in [2.75, 3.05) is 0 Å². The lowest BCUT2D eigenvalue weighted by Crippen LogP contribution is -2.28. The summed E-state index contributed by atoms with van der Waals surface area (Å²) in [6.45, 7) is 4.82. The molecule has 2 nitrogen and oxygen atoms in total. The molecular weight excluding hydrogens is 532 g/mol. The van der Waals surface area contributed by atoms with Gasteiger partial charge in [-0.25, -0.2) is 0 Å². The first-order chi connectivity index (χ1) is 21.7. The predicted octanol–water partition coefficient (Wildman–Crippen LogP) is 10.2. The molecule has 214 valence electrons. The Morgan fingerprint density at radius 2 is 1.55 bits per heavy atom.